The molecule has 23 heavy (non-hydrogen) atoms. The summed E-state index contributed by atoms with van der Waals surface area (Å²) >= 11 is 7.54. The molecule has 0 fully saturated rings. The molecule has 0 amide bonds. The van der Waals surface area contributed by atoms with Gasteiger partial charge in [-0.1, -0.05) is 82.1 Å². The lowest BCUT2D eigenvalue weighted by Gasteiger charge is -2.13. The van der Waals surface area contributed by atoms with Crippen molar-refractivity contribution >= 4 is 64.2 Å². The van der Waals surface area contributed by atoms with E-state index in [2.05, 4.69) is 100 Å². The number of rotatable bonds is 1. The molecule has 0 aliphatic heterocycles. The Kier molecular flexibility index (Phi) is 3.70. The van der Waals surface area contributed by atoms with Gasteiger partial charge in [0.25, 0.3) is 0 Å². The highest BCUT2D eigenvalue weighted by atomic mass is 79.9. The Balaban J connectivity index is 2.21. The van der Waals surface area contributed by atoms with Crippen molar-refractivity contribution in [2.75, 3.05) is 0 Å². The molecule has 0 radical (unpaired) electrons. The highest BCUT2D eigenvalue weighted by Crippen LogP contribution is 2.39. The Morgan fingerprint density at radius 2 is 1.17 bits per heavy atom. The molecule has 0 aliphatic rings. The maximum absolute atomic E-state index is 3.79. The molecule has 0 bridgehead atoms. The molecular weight excluding hydrogens is 412 g/mol. The normalized spacial score (nSPS) is 11.9. The molecule has 0 saturated heterocycles. The second-order valence-corrected chi connectivity index (χ2v) is 8.03. The predicted octanol–water partition coefficient (Wildman–Crippen LogP) is 7.79. The van der Waals surface area contributed by atoms with E-state index in [9.17, 15) is 0 Å². The summed E-state index contributed by atoms with van der Waals surface area (Å²) < 4.78 is 2.31. The van der Waals surface area contributed by atoms with E-state index in [1.54, 1.807) is 0 Å². The van der Waals surface area contributed by atoms with Gasteiger partial charge in [0.1, 0.15) is 0 Å². The summed E-state index contributed by atoms with van der Waals surface area (Å²) in [7, 11) is 0. The van der Waals surface area contributed by atoms with E-state index >= 15 is 0 Å². The van der Waals surface area contributed by atoms with Gasteiger partial charge in [-0.25, -0.2) is 0 Å². The largest absolute Gasteiger partial charge is 0.0616 e. The van der Waals surface area contributed by atoms with Crippen LogP contribution in [0.4, 0.5) is 0 Å². The second-order valence-electron chi connectivity index (χ2n) is 6.32. The van der Waals surface area contributed by atoms with Gasteiger partial charge in [-0.05, 0) is 62.0 Å². The quantitative estimate of drug-likeness (QED) is 0.272. The smallest absolute Gasteiger partial charge is 0.0260 e. The molecule has 0 aromatic heterocycles. The first-order valence-corrected chi connectivity index (χ1v) is 9.38. The van der Waals surface area contributed by atoms with Gasteiger partial charge >= 0.3 is 0 Å². The highest BCUT2D eigenvalue weighted by molar-refractivity contribution is 9.11. The monoisotopic (exact) mass is 426 g/mol. The zero-order chi connectivity index (χ0) is 16.1. The molecule has 0 aliphatic carbocycles. The van der Waals surface area contributed by atoms with Gasteiger partial charge in [-0.15, -0.1) is 0 Å². The van der Waals surface area contributed by atoms with E-state index in [4.69, 9.17) is 0 Å². The van der Waals surface area contributed by atoms with Crippen molar-refractivity contribution in [2.45, 2.75) is 19.8 Å². The van der Waals surface area contributed by atoms with Crippen LogP contribution in [0.15, 0.2) is 63.5 Å². The second kappa shape index (κ2) is 5.61. The van der Waals surface area contributed by atoms with E-state index in [0.717, 1.165) is 8.95 Å². The van der Waals surface area contributed by atoms with Gasteiger partial charge in [0, 0.05) is 8.95 Å². The fourth-order valence-corrected chi connectivity index (χ4v) is 4.42. The summed E-state index contributed by atoms with van der Waals surface area (Å²) in [5.41, 5.74) is 1.37. The lowest BCUT2D eigenvalue weighted by Crippen LogP contribution is -1.89. The van der Waals surface area contributed by atoms with Crippen LogP contribution in [-0.4, -0.2) is 0 Å². The Morgan fingerprint density at radius 3 is 1.83 bits per heavy atom. The van der Waals surface area contributed by atoms with Gasteiger partial charge in [0.15, 0.2) is 0 Å². The first kappa shape index (κ1) is 15.2. The van der Waals surface area contributed by atoms with E-state index in [1.165, 1.54) is 37.9 Å². The van der Waals surface area contributed by atoms with Crippen molar-refractivity contribution in [3.05, 3.63) is 69.1 Å². The molecule has 4 rings (SSSR count). The Bertz CT molecular complexity index is 1060. The van der Waals surface area contributed by atoms with Crippen molar-refractivity contribution in [1.29, 1.82) is 0 Å². The lowest BCUT2D eigenvalue weighted by molar-refractivity contribution is 0.869. The zero-order valence-electron chi connectivity index (χ0n) is 13.0. The number of hydrogen-bond donors (Lipinski definition) is 0. The lowest BCUT2D eigenvalue weighted by atomic mass is 9.94. The molecule has 0 spiro atoms. The summed E-state index contributed by atoms with van der Waals surface area (Å²) in [6.07, 6.45) is 0. The van der Waals surface area contributed by atoms with Crippen LogP contribution >= 0.6 is 31.9 Å². The van der Waals surface area contributed by atoms with Gasteiger partial charge in [0.05, 0.1) is 0 Å². The van der Waals surface area contributed by atoms with Crippen LogP contribution in [0.3, 0.4) is 0 Å². The number of fused-ring (bicyclic) bond motifs is 5. The molecule has 0 N–H and O–H groups in total. The van der Waals surface area contributed by atoms with Crippen LogP contribution < -0.4 is 0 Å². The fourth-order valence-electron chi connectivity index (χ4n) is 3.29. The SMILES string of the molecule is CC(C)c1ccc2c(c1)c(Br)cc1c3ccccc3c(Br)cc21. The third-order valence-electron chi connectivity index (χ3n) is 4.56. The molecule has 0 saturated carbocycles. The van der Waals surface area contributed by atoms with Crippen LogP contribution in [0.5, 0.6) is 0 Å². The average molecular weight is 428 g/mol. The summed E-state index contributed by atoms with van der Waals surface area (Å²) in [5.74, 6) is 0.533. The van der Waals surface area contributed by atoms with Crippen LogP contribution in [0, 0.1) is 0 Å². The van der Waals surface area contributed by atoms with E-state index in [1.807, 2.05) is 0 Å². The molecule has 2 heteroatoms. The van der Waals surface area contributed by atoms with E-state index < -0.39 is 0 Å². The summed E-state index contributed by atoms with van der Waals surface area (Å²) in [5, 5.41) is 7.71. The first-order chi connectivity index (χ1) is 11.1. The van der Waals surface area contributed by atoms with Crippen molar-refractivity contribution in [1.82, 2.24) is 0 Å². The van der Waals surface area contributed by atoms with Gasteiger partial charge in [-0.2, -0.15) is 0 Å². The first-order valence-electron chi connectivity index (χ1n) is 7.79. The third kappa shape index (κ3) is 2.40. The minimum atomic E-state index is 0.533. The minimum absolute atomic E-state index is 0.533. The molecule has 114 valence electrons. The van der Waals surface area contributed by atoms with Gasteiger partial charge < -0.3 is 0 Å². The Hall–Kier alpha value is -1.38. The predicted molar refractivity (Wildman–Crippen MR) is 108 cm³/mol. The fraction of sp³-hybridized carbons (Fsp3) is 0.143. The molecule has 0 nitrogen and oxygen atoms in total. The maximum Gasteiger partial charge on any atom is 0.0260 e. The molecule has 0 unspecified atom stereocenters. The van der Waals surface area contributed by atoms with Crippen LogP contribution in [0.25, 0.3) is 32.3 Å². The van der Waals surface area contributed by atoms with Crippen LogP contribution in [0.2, 0.25) is 0 Å². The summed E-state index contributed by atoms with van der Waals surface area (Å²) in [6.45, 7) is 4.47. The van der Waals surface area contributed by atoms with E-state index in [0.29, 0.717) is 5.92 Å². The number of benzene rings is 4. The maximum atomic E-state index is 3.79. The van der Waals surface area contributed by atoms with E-state index in [-0.39, 0.29) is 0 Å². The van der Waals surface area contributed by atoms with Crippen molar-refractivity contribution in [3.63, 3.8) is 0 Å². The van der Waals surface area contributed by atoms with Crippen molar-refractivity contribution in [3.8, 4) is 0 Å². The molecule has 0 atom stereocenters. The van der Waals surface area contributed by atoms with Gasteiger partial charge in [0.2, 0.25) is 0 Å². The van der Waals surface area contributed by atoms with Crippen molar-refractivity contribution in [2.24, 2.45) is 0 Å². The minimum Gasteiger partial charge on any atom is -0.0616 e. The summed E-state index contributed by atoms with van der Waals surface area (Å²) in [6, 6.07) is 19.9. The molecule has 4 aromatic rings. The zero-order valence-corrected chi connectivity index (χ0v) is 16.2. The van der Waals surface area contributed by atoms with Crippen LogP contribution in [-0.2, 0) is 0 Å². The topological polar surface area (TPSA) is 0 Å². The molecule has 0 heterocycles. The number of hydrogen-bond acceptors (Lipinski definition) is 0. The Morgan fingerprint density at radius 1 is 0.609 bits per heavy atom. The van der Waals surface area contributed by atoms with Crippen LogP contribution in [0.1, 0.15) is 25.3 Å². The Labute approximate surface area is 152 Å². The highest BCUT2D eigenvalue weighted by Gasteiger charge is 2.11. The summed E-state index contributed by atoms with van der Waals surface area (Å²) in [4.78, 5) is 0. The average Bonchev–Trinajstić information content (AvgIpc) is 2.56. The number of halogens is 2. The van der Waals surface area contributed by atoms with Gasteiger partial charge in [-0.3, -0.25) is 0 Å². The third-order valence-corrected chi connectivity index (χ3v) is 5.88. The van der Waals surface area contributed by atoms with Crippen molar-refractivity contribution < 1.29 is 0 Å². The molecular formula is C21H16Br2. The standard InChI is InChI=1S/C21H16Br2/c1-12(2)13-7-8-15-18-10-20(22)16-6-4-3-5-14(16)17(18)11-21(23)19(15)9-13/h3-12H,1-2H3. The molecule has 4 aromatic carbocycles.